The molecule has 5 nitrogen and oxygen atoms in total. The molecular formula is C14H24N2O3. The Morgan fingerprint density at radius 3 is 2.47 bits per heavy atom. The minimum absolute atomic E-state index is 0.00139. The molecule has 108 valence electrons. The third-order valence-corrected chi connectivity index (χ3v) is 4.31. The summed E-state index contributed by atoms with van der Waals surface area (Å²) in [6.07, 6.45) is 4.02. The molecule has 2 aliphatic heterocycles. The largest absolute Gasteiger partial charge is 0.480 e. The van der Waals surface area contributed by atoms with E-state index in [2.05, 4.69) is 6.92 Å². The molecule has 0 radical (unpaired) electrons. The van der Waals surface area contributed by atoms with Gasteiger partial charge in [-0.1, -0.05) is 6.92 Å². The lowest BCUT2D eigenvalue weighted by Gasteiger charge is -2.36. The second-order valence-electron chi connectivity index (χ2n) is 5.98. The molecule has 0 bridgehead atoms. The van der Waals surface area contributed by atoms with Crippen molar-refractivity contribution < 1.29 is 14.7 Å². The van der Waals surface area contributed by atoms with E-state index in [4.69, 9.17) is 5.11 Å². The summed E-state index contributed by atoms with van der Waals surface area (Å²) in [7, 11) is 0. The molecule has 2 fully saturated rings. The fourth-order valence-electron chi connectivity index (χ4n) is 3.08. The van der Waals surface area contributed by atoms with E-state index in [9.17, 15) is 9.59 Å². The number of carbonyl (C=O) groups excluding carboxylic acids is 1. The summed E-state index contributed by atoms with van der Waals surface area (Å²) in [6, 6.07) is 0. The van der Waals surface area contributed by atoms with E-state index in [1.54, 1.807) is 0 Å². The predicted octanol–water partition coefficient (Wildman–Crippen LogP) is 1.04. The number of rotatable bonds is 3. The van der Waals surface area contributed by atoms with Crippen molar-refractivity contribution in [2.75, 3.05) is 32.7 Å². The Morgan fingerprint density at radius 1 is 1.16 bits per heavy atom. The first-order valence-corrected chi connectivity index (χ1v) is 7.29. The number of likely N-dealkylation sites (tertiary alicyclic amines) is 2. The van der Waals surface area contributed by atoms with Crippen molar-refractivity contribution in [3.8, 4) is 0 Å². The molecule has 2 aliphatic rings. The molecule has 5 heteroatoms. The van der Waals surface area contributed by atoms with Crippen molar-refractivity contribution >= 4 is 11.9 Å². The van der Waals surface area contributed by atoms with Gasteiger partial charge in [0.25, 0.3) is 0 Å². The number of piperidine rings is 2. The molecule has 0 spiro atoms. The van der Waals surface area contributed by atoms with Crippen LogP contribution in [0.5, 0.6) is 0 Å². The van der Waals surface area contributed by atoms with Crippen LogP contribution in [0.3, 0.4) is 0 Å². The minimum Gasteiger partial charge on any atom is -0.480 e. The van der Waals surface area contributed by atoms with Crippen LogP contribution in [-0.4, -0.2) is 59.5 Å². The molecule has 1 N–H and O–H groups in total. The summed E-state index contributed by atoms with van der Waals surface area (Å²) in [5.74, 6) is 0.155. The van der Waals surface area contributed by atoms with Crippen LogP contribution in [0.2, 0.25) is 0 Å². The molecule has 1 atom stereocenters. The van der Waals surface area contributed by atoms with E-state index in [1.165, 1.54) is 0 Å². The highest BCUT2D eigenvalue weighted by molar-refractivity contribution is 5.79. The Hall–Kier alpha value is -1.10. The van der Waals surface area contributed by atoms with Gasteiger partial charge in [-0.05, 0) is 38.1 Å². The fourth-order valence-corrected chi connectivity index (χ4v) is 3.08. The Kier molecular flexibility index (Phi) is 4.80. The quantitative estimate of drug-likeness (QED) is 0.831. The van der Waals surface area contributed by atoms with Gasteiger partial charge < -0.3 is 10.0 Å². The van der Waals surface area contributed by atoms with Crippen molar-refractivity contribution in [3.05, 3.63) is 0 Å². The Bertz CT molecular complexity index is 338. The van der Waals surface area contributed by atoms with Crippen LogP contribution < -0.4 is 0 Å². The van der Waals surface area contributed by atoms with Gasteiger partial charge in [0.05, 0.1) is 12.5 Å². The van der Waals surface area contributed by atoms with Crippen LogP contribution in [-0.2, 0) is 9.59 Å². The van der Waals surface area contributed by atoms with E-state index in [0.29, 0.717) is 6.54 Å². The molecule has 0 aliphatic carbocycles. The Labute approximate surface area is 114 Å². The van der Waals surface area contributed by atoms with Gasteiger partial charge in [0.2, 0.25) is 5.91 Å². The van der Waals surface area contributed by atoms with Crippen LogP contribution in [0.15, 0.2) is 0 Å². The standard InChI is InChI=1S/C14H24N2O3/c1-11-4-7-16(8-5-11)14(19)12-3-2-6-15(9-12)10-13(17)18/h11-12H,2-10H2,1H3,(H,17,18). The second kappa shape index (κ2) is 6.37. The van der Waals surface area contributed by atoms with Crippen molar-refractivity contribution in [1.29, 1.82) is 0 Å². The van der Waals surface area contributed by atoms with Gasteiger partial charge in [0.1, 0.15) is 0 Å². The summed E-state index contributed by atoms with van der Waals surface area (Å²) in [5, 5.41) is 8.83. The average molecular weight is 268 g/mol. The highest BCUT2D eigenvalue weighted by atomic mass is 16.4. The first-order valence-electron chi connectivity index (χ1n) is 7.29. The van der Waals surface area contributed by atoms with Crippen LogP contribution in [0.4, 0.5) is 0 Å². The minimum atomic E-state index is -0.806. The molecule has 2 heterocycles. The molecule has 0 saturated carbocycles. The summed E-state index contributed by atoms with van der Waals surface area (Å²) in [4.78, 5) is 27.1. The van der Waals surface area contributed by atoms with Gasteiger partial charge in [-0.2, -0.15) is 0 Å². The van der Waals surface area contributed by atoms with E-state index in [0.717, 1.165) is 51.2 Å². The van der Waals surface area contributed by atoms with Crippen molar-refractivity contribution in [2.24, 2.45) is 11.8 Å². The number of aliphatic carboxylic acids is 1. The normalized spacial score (nSPS) is 26.4. The number of amides is 1. The number of nitrogens with zero attached hydrogens (tertiary/aromatic N) is 2. The lowest BCUT2D eigenvalue weighted by molar-refractivity contribution is -0.143. The summed E-state index contributed by atoms with van der Waals surface area (Å²) >= 11 is 0. The van der Waals surface area contributed by atoms with Gasteiger partial charge in [-0.15, -0.1) is 0 Å². The maximum absolute atomic E-state index is 12.4. The molecule has 2 saturated heterocycles. The zero-order valence-electron chi connectivity index (χ0n) is 11.7. The molecule has 2 rings (SSSR count). The summed E-state index contributed by atoms with van der Waals surface area (Å²) in [6.45, 7) is 5.44. The Balaban J connectivity index is 1.86. The number of hydrogen-bond donors (Lipinski definition) is 1. The molecule has 0 aromatic rings. The van der Waals surface area contributed by atoms with Crippen LogP contribution in [0, 0.1) is 11.8 Å². The second-order valence-corrected chi connectivity index (χ2v) is 5.98. The fraction of sp³-hybridized carbons (Fsp3) is 0.857. The molecule has 19 heavy (non-hydrogen) atoms. The molecule has 0 aromatic carbocycles. The highest BCUT2D eigenvalue weighted by Crippen LogP contribution is 2.22. The number of carboxylic acids is 1. The summed E-state index contributed by atoms with van der Waals surface area (Å²) in [5.41, 5.74) is 0. The van der Waals surface area contributed by atoms with E-state index < -0.39 is 5.97 Å². The van der Waals surface area contributed by atoms with Gasteiger partial charge in [-0.25, -0.2) is 0 Å². The molecule has 0 aromatic heterocycles. The predicted molar refractivity (Wildman–Crippen MR) is 71.8 cm³/mol. The molecule has 1 unspecified atom stereocenters. The first-order chi connectivity index (χ1) is 9.06. The summed E-state index contributed by atoms with van der Waals surface area (Å²) < 4.78 is 0. The van der Waals surface area contributed by atoms with Crippen LogP contribution in [0.25, 0.3) is 0 Å². The maximum Gasteiger partial charge on any atom is 0.317 e. The zero-order chi connectivity index (χ0) is 13.8. The van der Waals surface area contributed by atoms with E-state index in [-0.39, 0.29) is 18.4 Å². The van der Waals surface area contributed by atoms with Crippen molar-refractivity contribution in [1.82, 2.24) is 9.80 Å². The van der Waals surface area contributed by atoms with Crippen LogP contribution in [0.1, 0.15) is 32.6 Å². The topological polar surface area (TPSA) is 60.9 Å². The SMILES string of the molecule is CC1CCN(C(=O)C2CCCN(CC(=O)O)C2)CC1. The average Bonchev–Trinajstić information content (AvgIpc) is 2.38. The number of carbonyl (C=O) groups is 2. The monoisotopic (exact) mass is 268 g/mol. The first kappa shape index (κ1) is 14.3. The number of carboxylic acid groups (broad SMARTS) is 1. The van der Waals surface area contributed by atoms with Crippen molar-refractivity contribution in [2.45, 2.75) is 32.6 Å². The highest BCUT2D eigenvalue weighted by Gasteiger charge is 2.31. The lowest BCUT2D eigenvalue weighted by atomic mass is 9.93. The Morgan fingerprint density at radius 2 is 1.84 bits per heavy atom. The third-order valence-electron chi connectivity index (χ3n) is 4.31. The van der Waals surface area contributed by atoms with Gasteiger partial charge >= 0.3 is 5.97 Å². The van der Waals surface area contributed by atoms with Crippen molar-refractivity contribution in [3.63, 3.8) is 0 Å². The molecular weight excluding hydrogens is 244 g/mol. The molecule has 1 amide bonds. The van der Waals surface area contributed by atoms with E-state index in [1.807, 2.05) is 9.80 Å². The maximum atomic E-state index is 12.4. The van der Waals surface area contributed by atoms with Gasteiger partial charge in [0.15, 0.2) is 0 Å². The van der Waals surface area contributed by atoms with Crippen LogP contribution >= 0.6 is 0 Å². The van der Waals surface area contributed by atoms with Gasteiger partial charge in [-0.3, -0.25) is 14.5 Å². The van der Waals surface area contributed by atoms with Gasteiger partial charge in [0, 0.05) is 19.6 Å². The smallest absolute Gasteiger partial charge is 0.317 e. The lowest BCUT2D eigenvalue weighted by Crippen LogP contribution is -2.48. The zero-order valence-corrected chi connectivity index (χ0v) is 11.7. The number of hydrogen-bond acceptors (Lipinski definition) is 3. The van der Waals surface area contributed by atoms with E-state index >= 15 is 0 Å². The third kappa shape index (κ3) is 3.93.